The lowest BCUT2D eigenvalue weighted by Gasteiger charge is -2.14. The molecule has 0 unspecified atom stereocenters. The molecule has 0 fully saturated rings. The fraction of sp³-hybridized carbons (Fsp3) is 0.0714. The summed E-state index contributed by atoms with van der Waals surface area (Å²) >= 11 is 3.10. The molecule has 0 heterocycles. The molecule has 2 rings (SSSR count). The van der Waals surface area contributed by atoms with Gasteiger partial charge in [-0.3, -0.25) is 4.79 Å². The zero-order valence-electron chi connectivity index (χ0n) is 11.0. The molecule has 0 aromatic heterocycles. The lowest BCUT2D eigenvalue weighted by molar-refractivity contribution is -0.138. The number of benzene rings is 2. The SMILES string of the molecule is O=CNc1ccc(Br)cc1Oc1c(F)cc(C(F)(F)F)cc1F. The van der Waals surface area contributed by atoms with Crippen LogP contribution in [0.15, 0.2) is 34.8 Å². The van der Waals surface area contributed by atoms with Crippen LogP contribution in [0, 0.1) is 11.6 Å². The summed E-state index contributed by atoms with van der Waals surface area (Å²) in [5.74, 6) is -4.20. The van der Waals surface area contributed by atoms with Crippen LogP contribution >= 0.6 is 15.9 Å². The fourth-order valence-corrected chi connectivity index (χ4v) is 2.03. The first-order valence-corrected chi connectivity index (χ1v) is 6.75. The number of rotatable bonds is 4. The van der Waals surface area contributed by atoms with Crippen LogP contribution in [0.3, 0.4) is 0 Å². The number of nitrogens with one attached hydrogen (secondary N) is 1. The zero-order valence-corrected chi connectivity index (χ0v) is 12.6. The summed E-state index contributed by atoms with van der Waals surface area (Å²) in [6.07, 6.45) is -4.57. The van der Waals surface area contributed by atoms with Gasteiger partial charge in [-0.2, -0.15) is 13.2 Å². The predicted molar refractivity (Wildman–Crippen MR) is 75.3 cm³/mol. The van der Waals surface area contributed by atoms with Gasteiger partial charge in [0.2, 0.25) is 6.41 Å². The van der Waals surface area contributed by atoms with Crippen LogP contribution in [0.5, 0.6) is 11.5 Å². The highest BCUT2D eigenvalue weighted by molar-refractivity contribution is 9.10. The first kappa shape index (κ1) is 17.2. The monoisotopic (exact) mass is 395 g/mol. The molecule has 0 aliphatic heterocycles. The van der Waals surface area contributed by atoms with Gasteiger partial charge in [-0.25, -0.2) is 8.78 Å². The Hall–Kier alpha value is -2.16. The minimum atomic E-state index is -4.89. The van der Waals surface area contributed by atoms with Gasteiger partial charge < -0.3 is 10.1 Å². The molecule has 0 aliphatic carbocycles. The van der Waals surface area contributed by atoms with E-state index in [0.717, 1.165) is 0 Å². The number of alkyl halides is 3. The van der Waals surface area contributed by atoms with E-state index in [1.165, 1.54) is 18.2 Å². The maximum Gasteiger partial charge on any atom is 0.416 e. The normalized spacial score (nSPS) is 11.2. The van der Waals surface area contributed by atoms with Crippen molar-refractivity contribution in [3.63, 3.8) is 0 Å². The van der Waals surface area contributed by atoms with Crippen molar-refractivity contribution in [2.24, 2.45) is 0 Å². The Balaban J connectivity index is 2.45. The van der Waals surface area contributed by atoms with Crippen molar-refractivity contribution in [3.05, 3.63) is 52.0 Å². The van der Waals surface area contributed by atoms with E-state index in [1.807, 2.05) is 0 Å². The second kappa shape index (κ2) is 6.53. The Kier molecular flexibility index (Phi) is 4.88. The number of amides is 1. The molecule has 0 radical (unpaired) electrons. The van der Waals surface area contributed by atoms with Crippen LogP contribution in [-0.4, -0.2) is 6.41 Å². The van der Waals surface area contributed by atoms with Crippen LogP contribution < -0.4 is 10.1 Å². The molecule has 3 nitrogen and oxygen atoms in total. The quantitative estimate of drug-likeness (QED) is 0.577. The van der Waals surface area contributed by atoms with Crippen molar-refractivity contribution in [2.75, 3.05) is 5.32 Å². The molecule has 2 aromatic rings. The summed E-state index contributed by atoms with van der Waals surface area (Å²) in [6, 6.07) is 4.46. The zero-order chi connectivity index (χ0) is 17.2. The van der Waals surface area contributed by atoms with Crippen molar-refractivity contribution in [3.8, 4) is 11.5 Å². The maximum absolute atomic E-state index is 13.8. The number of halogens is 6. The lowest BCUT2D eigenvalue weighted by Crippen LogP contribution is -2.07. The molecule has 1 N–H and O–H groups in total. The highest BCUT2D eigenvalue weighted by Gasteiger charge is 2.33. The second-order valence-corrected chi connectivity index (χ2v) is 5.19. The number of carbonyl (C=O) groups is 1. The van der Waals surface area contributed by atoms with Gasteiger partial charge in [0, 0.05) is 4.47 Å². The number of ether oxygens (including phenoxy) is 1. The minimum absolute atomic E-state index is 0.0851. The minimum Gasteiger partial charge on any atom is -0.449 e. The summed E-state index contributed by atoms with van der Waals surface area (Å²) in [5, 5.41) is 2.25. The Morgan fingerprint density at radius 1 is 1.09 bits per heavy atom. The van der Waals surface area contributed by atoms with E-state index in [9.17, 15) is 26.7 Å². The van der Waals surface area contributed by atoms with E-state index in [1.54, 1.807) is 0 Å². The van der Waals surface area contributed by atoms with Gasteiger partial charge in [-0.15, -0.1) is 0 Å². The summed E-state index contributed by atoms with van der Waals surface area (Å²) < 4.78 is 70.5. The average Bonchev–Trinajstić information content (AvgIpc) is 2.44. The molecule has 0 bridgehead atoms. The molecule has 23 heavy (non-hydrogen) atoms. The van der Waals surface area contributed by atoms with Gasteiger partial charge in [0.05, 0.1) is 11.3 Å². The van der Waals surface area contributed by atoms with Crippen LogP contribution in [0.1, 0.15) is 5.56 Å². The third kappa shape index (κ3) is 3.98. The molecular weight excluding hydrogens is 389 g/mol. The molecule has 9 heteroatoms. The van der Waals surface area contributed by atoms with E-state index in [4.69, 9.17) is 4.74 Å². The molecule has 0 atom stereocenters. The smallest absolute Gasteiger partial charge is 0.416 e. The highest BCUT2D eigenvalue weighted by atomic mass is 79.9. The lowest BCUT2D eigenvalue weighted by atomic mass is 10.2. The number of hydrogen-bond acceptors (Lipinski definition) is 2. The van der Waals surface area contributed by atoms with E-state index >= 15 is 0 Å². The molecular formula is C14H7BrF5NO2. The van der Waals surface area contributed by atoms with Gasteiger partial charge >= 0.3 is 6.18 Å². The largest absolute Gasteiger partial charge is 0.449 e. The molecule has 0 saturated carbocycles. The average molecular weight is 396 g/mol. The number of hydrogen-bond donors (Lipinski definition) is 1. The van der Waals surface area contributed by atoms with Crippen LogP contribution in [0.25, 0.3) is 0 Å². The third-order valence-corrected chi connectivity index (χ3v) is 3.19. The molecule has 0 aliphatic rings. The first-order valence-electron chi connectivity index (χ1n) is 5.96. The van der Waals surface area contributed by atoms with Crippen molar-refractivity contribution in [1.29, 1.82) is 0 Å². The van der Waals surface area contributed by atoms with Gasteiger partial charge in [-0.1, -0.05) is 15.9 Å². The first-order chi connectivity index (χ1) is 10.7. The van der Waals surface area contributed by atoms with Crippen molar-refractivity contribution < 1.29 is 31.5 Å². The third-order valence-electron chi connectivity index (χ3n) is 2.70. The Bertz CT molecular complexity index is 725. The molecule has 1 amide bonds. The van der Waals surface area contributed by atoms with E-state index in [-0.39, 0.29) is 23.6 Å². The van der Waals surface area contributed by atoms with Gasteiger partial charge in [-0.05, 0) is 30.3 Å². The topological polar surface area (TPSA) is 38.3 Å². The summed E-state index contributed by atoms with van der Waals surface area (Å²) in [7, 11) is 0. The fourth-order valence-electron chi connectivity index (χ4n) is 1.69. The molecule has 2 aromatic carbocycles. The summed E-state index contributed by atoms with van der Waals surface area (Å²) in [6.45, 7) is 0. The van der Waals surface area contributed by atoms with E-state index in [0.29, 0.717) is 10.9 Å². The standard InChI is InChI=1S/C14H7BrF5NO2/c15-8-1-2-11(21-6-22)12(5-8)23-13-9(16)3-7(4-10(13)17)14(18,19)20/h1-6H,(H,21,22). The van der Waals surface area contributed by atoms with Crippen LogP contribution in [-0.2, 0) is 11.0 Å². The molecule has 122 valence electrons. The van der Waals surface area contributed by atoms with Crippen molar-refractivity contribution >= 4 is 28.0 Å². The van der Waals surface area contributed by atoms with E-state index in [2.05, 4.69) is 21.2 Å². The Morgan fingerprint density at radius 2 is 1.70 bits per heavy atom. The summed E-state index contributed by atoms with van der Waals surface area (Å²) in [4.78, 5) is 10.5. The van der Waals surface area contributed by atoms with Gasteiger partial charge in [0.15, 0.2) is 23.1 Å². The Labute approximate surface area is 135 Å². The Morgan fingerprint density at radius 3 is 2.22 bits per heavy atom. The predicted octanol–water partition coefficient (Wildman–Crippen LogP) is 5.11. The molecule has 0 spiro atoms. The van der Waals surface area contributed by atoms with E-state index < -0.39 is 29.1 Å². The van der Waals surface area contributed by atoms with Gasteiger partial charge in [0.1, 0.15) is 0 Å². The number of anilines is 1. The van der Waals surface area contributed by atoms with Crippen LogP contribution in [0.4, 0.5) is 27.6 Å². The molecule has 0 saturated heterocycles. The number of carbonyl (C=O) groups excluding carboxylic acids is 1. The highest BCUT2D eigenvalue weighted by Crippen LogP contribution is 2.38. The van der Waals surface area contributed by atoms with Crippen molar-refractivity contribution in [2.45, 2.75) is 6.18 Å². The maximum atomic E-state index is 13.8. The second-order valence-electron chi connectivity index (χ2n) is 4.27. The summed E-state index contributed by atoms with van der Waals surface area (Å²) in [5.41, 5.74) is -1.39. The van der Waals surface area contributed by atoms with Crippen molar-refractivity contribution in [1.82, 2.24) is 0 Å². The van der Waals surface area contributed by atoms with Gasteiger partial charge in [0.25, 0.3) is 0 Å². The van der Waals surface area contributed by atoms with Crippen LogP contribution in [0.2, 0.25) is 0 Å².